The number of hydrogen-bond acceptors (Lipinski definition) is 5. The van der Waals surface area contributed by atoms with Crippen LogP contribution < -0.4 is 5.32 Å². The molecule has 1 saturated heterocycles. The Bertz CT molecular complexity index is 1200. The summed E-state index contributed by atoms with van der Waals surface area (Å²) in [5.74, 6) is -0.00334. The van der Waals surface area contributed by atoms with Crippen LogP contribution in [0.15, 0.2) is 60.4 Å². The van der Waals surface area contributed by atoms with Crippen molar-refractivity contribution in [2.75, 3.05) is 20.1 Å². The van der Waals surface area contributed by atoms with Gasteiger partial charge in [0.2, 0.25) is 0 Å². The zero-order valence-corrected chi connectivity index (χ0v) is 18.3. The van der Waals surface area contributed by atoms with Crippen LogP contribution in [0.25, 0.3) is 27.9 Å². The van der Waals surface area contributed by atoms with E-state index in [1.54, 1.807) is 4.52 Å². The van der Waals surface area contributed by atoms with Crippen LogP contribution in [0.1, 0.15) is 28.9 Å². The molecule has 1 N–H and O–H groups in total. The largest absolute Gasteiger partial charge is 0.351 e. The summed E-state index contributed by atoms with van der Waals surface area (Å²) >= 11 is 1.46. The van der Waals surface area contributed by atoms with Crippen molar-refractivity contribution in [1.82, 2.24) is 24.8 Å². The van der Waals surface area contributed by atoms with E-state index in [1.165, 1.54) is 24.2 Å². The maximum absolute atomic E-state index is 12.6. The third kappa shape index (κ3) is 4.11. The highest BCUT2D eigenvalue weighted by Crippen LogP contribution is 2.28. The smallest absolute Gasteiger partial charge is 0.261 e. The number of aromatic nitrogens is 3. The van der Waals surface area contributed by atoms with E-state index in [4.69, 9.17) is 0 Å². The molecular formula is C24H25N5OS. The van der Waals surface area contributed by atoms with E-state index in [1.807, 2.05) is 48.2 Å². The van der Waals surface area contributed by atoms with Crippen molar-refractivity contribution < 1.29 is 4.79 Å². The number of likely N-dealkylation sites (tertiary alicyclic amines) is 1. The number of benzene rings is 1. The molecule has 6 nitrogen and oxygen atoms in total. The Balaban J connectivity index is 1.28. The van der Waals surface area contributed by atoms with Gasteiger partial charge < -0.3 is 10.2 Å². The van der Waals surface area contributed by atoms with Crippen molar-refractivity contribution in [3.63, 3.8) is 0 Å². The molecule has 158 valence electrons. The van der Waals surface area contributed by atoms with Crippen molar-refractivity contribution in [1.29, 1.82) is 0 Å². The second kappa shape index (κ2) is 8.61. The number of thiophene rings is 1. The zero-order chi connectivity index (χ0) is 21.2. The summed E-state index contributed by atoms with van der Waals surface area (Å²) < 4.78 is 1.80. The molecule has 7 heteroatoms. The molecule has 1 fully saturated rings. The Morgan fingerprint density at radius 3 is 2.87 bits per heavy atom. The quantitative estimate of drug-likeness (QED) is 0.493. The molecule has 1 aliphatic rings. The maximum Gasteiger partial charge on any atom is 0.261 e. The molecule has 1 aliphatic heterocycles. The van der Waals surface area contributed by atoms with Crippen LogP contribution in [-0.4, -0.2) is 51.6 Å². The molecule has 1 unspecified atom stereocenters. The minimum Gasteiger partial charge on any atom is -0.351 e. The second-order valence-electron chi connectivity index (χ2n) is 8.06. The van der Waals surface area contributed by atoms with Crippen molar-refractivity contribution in [3.05, 3.63) is 65.2 Å². The molecule has 31 heavy (non-hydrogen) atoms. The van der Waals surface area contributed by atoms with Gasteiger partial charge in [-0.2, -0.15) is 5.10 Å². The van der Waals surface area contributed by atoms with Gasteiger partial charge in [-0.15, -0.1) is 11.3 Å². The van der Waals surface area contributed by atoms with Crippen molar-refractivity contribution >= 4 is 22.9 Å². The number of nitrogens with one attached hydrogen (secondary N) is 1. The molecule has 1 atom stereocenters. The first-order valence-electron chi connectivity index (χ1n) is 10.7. The fraction of sp³-hybridized carbons (Fsp3) is 0.292. The van der Waals surface area contributed by atoms with Crippen LogP contribution in [0.2, 0.25) is 0 Å². The van der Waals surface area contributed by atoms with Gasteiger partial charge in [0.05, 0.1) is 11.1 Å². The first-order chi connectivity index (χ1) is 15.2. The fourth-order valence-corrected chi connectivity index (χ4v) is 5.07. The number of fused-ring (bicyclic) bond motifs is 1. The van der Waals surface area contributed by atoms with E-state index in [-0.39, 0.29) is 5.91 Å². The molecule has 0 bridgehead atoms. The third-order valence-electron chi connectivity index (χ3n) is 6.03. The summed E-state index contributed by atoms with van der Waals surface area (Å²) in [6.45, 7) is 1.87. The van der Waals surface area contributed by atoms with Crippen molar-refractivity contribution in [2.24, 2.45) is 0 Å². The Labute approximate surface area is 185 Å². The van der Waals surface area contributed by atoms with Crippen molar-refractivity contribution in [3.8, 4) is 22.3 Å². The molecule has 4 aromatic rings. The van der Waals surface area contributed by atoms with Gasteiger partial charge in [-0.05, 0) is 55.4 Å². The fourth-order valence-electron chi connectivity index (χ4n) is 4.24. The average Bonchev–Trinajstić information content (AvgIpc) is 3.54. The number of carbonyl (C=O) groups is 1. The number of amides is 1. The van der Waals surface area contributed by atoms with Crippen molar-refractivity contribution in [2.45, 2.75) is 25.3 Å². The normalized spacial score (nSPS) is 16.7. The summed E-state index contributed by atoms with van der Waals surface area (Å²) in [5.41, 5.74) is 4.84. The number of rotatable bonds is 6. The van der Waals surface area contributed by atoms with Crippen LogP contribution in [-0.2, 0) is 0 Å². The Morgan fingerprint density at radius 1 is 1.19 bits per heavy atom. The topological polar surface area (TPSA) is 62.5 Å². The van der Waals surface area contributed by atoms with Gasteiger partial charge in [0.15, 0.2) is 5.65 Å². The zero-order valence-electron chi connectivity index (χ0n) is 17.5. The van der Waals surface area contributed by atoms with E-state index >= 15 is 0 Å². The molecule has 5 rings (SSSR count). The Hall–Kier alpha value is -3.03. The lowest BCUT2D eigenvalue weighted by atomic mass is 10.1. The van der Waals surface area contributed by atoms with Gasteiger partial charge in [-0.3, -0.25) is 4.79 Å². The third-order valence-corrected chi connectivity index (χ3v) is 6.96. The van der Waals surface area contributed by atoms with Crippen LogP contribution in [0.3, 0.4) is 0 Å². The van der Waals surface area contributed by atoms with Crippen LogP contribution in [0.4, 0.5) is 0 Å². The molecule has 1 amide bonds. The van der Waals surface area contributed by atoms with Gasteiger partial charge in [0.1, 0.15) is 0 Å². The summed E-state index contributed by atoms with van der Waals surface area (Å²) in [7, 11) is 2.16. The summed E-state index contributed by atoms with van der Waals surface area (Å²) in [6, 6.07) is 12.7. The highest BCUT2D eigenvalue weighted by Gasteiger charge is 2.20. The SMILES string of the molecule is CN1CCCC1CCNC(=O)c1cc(-c2cnc3c(-c4ccccc4)cnn3c2)cs1. The van der Waals surface area contributed by atoms with Gasteiger partial charge in [0, 0.05) is 36.1 Å². The number of nitrogens with zero attached hydrogens (tertiary/aromatic N) is 4. The van der Waals surface area contributed by atoms with E-state index in [9.17, 15) is 4.79 Å². The summed E-state index contributed by atoms with van der Waals surface area (Å²) in [4.78, 5) is 20.3. The minimum absolute atomic E-state index is 0.00334. The maximum atomic E-state index is 12.6. The Morgan fingerprint density at radius 2 is 2.06 bits per heavy atom. The standard InChI is InChI=1S/C24H25N5OS/c1-28-11-5-8-20(28)9-10-25-24(30)22-12-18(16-31-22)19-13-26-23-21(14-27-29(23)15-19)17-6-3-2-4-7-17/h2-4,6-7,12-16,20H,5,8-11H2,1H3,(H,25,30). The monoisotopic (exact) mass is 431 g/mol. The molecule has 1 aromatic carbocycles. The lowest BCUT2D eigenvalue weighted by Crippen LogP contribution is -2.31. The minimum atomic E-state index is -0.00334. The second-order valence-corrected chi connectivity index (χ2v) is 8.97. The van der Waals surface area contributed by atoms with Crippen LogP contribution in [0.5, 0.6) is 0 Å². The molecule has 0 saturated carbocycles. The van der Waals surface area contributed by atoms with Gasteiger partial charge in [-0.1, -0.05) is 30.3 Å². The lowest BCUT2D eigenvalue weighted by Gasteiger charge is -2.19. The van der Waals surface area contributed by atoms with E-state index in [0.717, 1.165) is 45.7 Å². The highest BCUT2D eigenvalue weighted by molar-refractivity contribution is 7.12. The predicted molar refractivity (Wildman–Crippen MR) is 124 cm³/mol. The number of hydrogen-bond donors (Lipinski definition) is 1. The average molecular weight is 432 g/mol. The molecule has 0 aliphatic carbocycles. The van der Waals surface area contributed by atoms with E-state index < -0.39 is 0 Å². The molecule has 0 spiro atoms. The first kappa shape index (κ1) is 19.9. The number of carbonyl (C=O) groups excluding carboxylic acids is 1. The van der Waals surface area contributed by atoms with E-state index in [0.29, 0.717) is 12.6 Å². The van der Waals surface area contributed by atoms with Gasteiger partial charge in [0.25, 0.3) is 5.91 Å². The van der Waals surface area contributed by atoms with Crippen LogP contribution in [0, 0.1) is 0 Å². The first-order valence-corrected chi connectivity index (χ1v) is 11.5. The molecule has 0 radical (unpaired) electrons. The lowest BCUT2D eigenvalue weighted by molar-refractivity contribution is 0.0954. The molecule has 4 heterocycles. The Kier molecular flexibility index (Phi) is 5.53. The summed E-state index contributed by atoms with van der Waals surface area (Å²) in [6.07, 6.45) is 9.15. The summed E-state index contributed by atoms with van der Waals surface area (Å²) in [5, 5.41) is 9.56. The van der Waals surface area contributed by atoms with Gasteiger partial charge >= 0.3 is 0 Å². The molecule has 3 aromatic heterocycles. The highest BCUT2D eigenvalue weighted by atomic mass is 32.1. The van der Waals surface area contributed by atoms with Crippen LogP contribution >= 0.6 is 11.3 Å². The van der Waals surface area contributed by atoms with E-state index in [2.05, 4.69) is 39.5 Å². The van der Waals surface area contributed by atoms with Gasteiger partial charge in [-0.25, -0.2) is 9.50 Å². The predicted octanol–water partition coefficient (Wildman–Crippen LogP) is 4.34. The molecular weight excluding hydrogens is 406 g/mol.